The minimum absolute atomic E-state index is 0.0158. The Balaban J connectivity index is 2.05. The van der Waals surface area contributed by atoms with Gasteiger partial charge in [-0.15, -0.1) is 0 Å². The molecule has 0 saturated heterocycles. The maximum atomic E-state index is 12.4. The SMILES string of the molecule is COc1cc(/C=C(/C#N)C(=O)NCCCc2ccccc2)cc(Br)c1OC(C)C. The third-order valence-corrected chi connectivity index (χ3v) is 4.64. The molecule has 0 spiro atoms. The lowest BCUT2D eigenvalue weighted by atomic mass is 10.1. The largest absolute Gasteiger partial charge is 0.493 e. The number of halogens is 1. The summed E-state index contributed by atoms with van der Waals surface area (Å²) in [5, 5.41) is 12.2. The van der Waals surface area contributed by atoms with E-state index < -0.39 is 5.91 Å². The van der Waals surface area contributed by atoms with Crippen LogP contribution in [0, 0.1) is 11.3 Å². The van der Waals surface area contributed by atoms with Crippen molar-refractivity contribution in [2.75, 3.05) is 13.7 Å². The van der Waals surface area contributed by atoms with Crippen molar-refractivity contribution in [3.8, 4) is 17.6 Å². The van der Waals surface area contributed by atoms with E-state index in [9.17, 15) is 10.1 Å². The fourth-order valence-electron chi connectivity index (χ4n) is 2.72. The molecule has 6 heteroatoms. The molecule has 0 fully saturated rings. The van der Waals surface area contributed by atoms with E-state index in [1.54, 1.807) is 25.3 Å². The highest BCUT2D eigenvalue weighted by Crippen LogP contribution is 2.37. The van der Waals surface area contributed by atoms with E-state index >= 15 is 0 Å². The van der Waals surface area contributed by atoms with Crippen LogP contribution in [0.2, 0.25) is 0 Å². The number of aryl methyl sites for hydroxylation is 1. The predicted molar refractivity (Wildman–Crippen MR) is 118 cm³/mol. The maximum Gasteiger partial charge on any atom is 0.261 e. The summed E-state index contributed by atoms with van der Waals surface area (Å²) in [5.74, 6) is 0.724. The summed E-state index contributed by atoms with van der Waals surface area (Å²) in [6, 6.07) is 15.6. The fourth-order valence-corrected chi connectivity index (χ4v) is 3.28. The van der Waals surface area contributed by atoms with Gasteiger partial charge in [0.05, 0.1) is 17.7 Å². The van der Waals surface area contributed by atoms with Gasteiger partial charge in [0.2, 0.25) is 0 Å². The summed E-state index contributed by atoms with van der Waals surface area (Å²) < 4.78 is 11.9. The van der Waals surface area contributed by atoms with E-state index in [4.69, 9.17) is 9.47 Å². The number of rotatable bonds is 9. The Morgan fingerprint density at radius 1 is 1.28 bits per heavy atom. The molecule has 0 aromatic heterocycles. The van der Waals surface area contributed by atoms with Crippen molar-refractivity contribution in [1.29, 1.82) is 5.26 Å². The van der Waals surface area contributed by atoms with Crippen molar-refractivity contribution in [3.63, 3.8) is 0 Å². The molecule has 2 aromatic rings. The molecule has 2 rings (SSSR count). The first-order valence-electron chi connectivity index (χ1n) is 9.42. The van der Waals surface area contributed by atoms with Crippen LogP contribution >= 0.6 is 15.9 Å². The molecule has 0 saturated carbocycles. The molecule has 0 radical (unpaired) electrons. The van der Waals surface area contributed by atoms with E-state index in [0.717, 1.165) is 12.8 Å². The normalized spacial score (nSPS) is 11.1. The van der Waals surface area contributed by atoms with E-state index in [-0.39, 0.29) is 11.7 Å². The van der Waals surface area contributed by atoms with Gasteiger partial charge in [0.1, 0.15) is 11.6 Å². The van der Waals surface area contributed by atoms with Crippen molar-refractivity contribution in [1.82, 2.24) is 5.32 Å². The van der Waals surface area contributed by atoms with Crippen LogP contribution < -0.4 is 14.8 Å². The molecule has 0 atom stereocenters. The van der Waals surface area contributed by atoms with Gasteiger partial charge in [-0.1, -0.05) is 30.3 Å². The second-order valence-corrected chi connectivity index (χ2v) is 7.57. The van der Waals surface area contributed by atoms with Crippen LogP contribution in [0.1, 0.15) is 31.4 Å². The van der Waals surface area contributed by atoms with Gasteiger partial charge in [-0.3, -0.25) is 4.79 Å². The molecule has 29 heavy (non-hydrogen) atoms. The molecule has 0 aliphatic heterocycles. The van der Waals surface area contributed by atoms with E-state index in [1.165, 1.54) is 5.56 Å². The number of hydrogen-bond acceptors (Lipinski definition) is 4. The molecular weight excluding hydrogens is 432 g/mol. The average molecular weight is 457 g/mol. The molecule has 0 bridgehead atoms. The molecule has 0 aliphatic rings. The van der Waals surface area contributed by atoms with Crippen LogP contribution in [0.4, 0.5) is 0 Å². The van der Waals surface area contributed by atoms with Crippen molar-refractivity contribution < 1.29 is 14.3 Å². The standard InChI is InChI=1S/C23H25BrN2O3/c1-16(2)29-22-20(24)13-18(14-21(22)28-3)12-19(15-25)23(27)26-11-7-10-17-8-5-4-6-9-17/h4-6,8-9,12-14,16H,7,10-11H2,1-3H3,(H,26,27)/b19-12-. The van der Waals surface area contributed by atoms with Gasteiger partial charge >= 0.3 is 0 Å². The minimum Gasteiger partial charge on any atom is -0.493 e. The Kier molecular flexibility index (Phi) is 8.75. The van der Waals surface area contributed by atoms with Gasteiger partial charge in [-0.05, 0) is 72.0 Å². The lowest BCUT2D eigenvalue weighted by Gasteiger charge is -2.16. The summed E-state index contributed by atoms with van der Waals surface area (Å²) in [6.07, 6.45) is 3.19. The summed E-state index contributed by atoms with van der Waals surface area (Å²) in [7, 11) is 1.55. The number of ether oxygens (including phenoxy) is 2. The van der Waals surface area contributed by atoms with Gasteiger partial charge in [-0.2, -0.15) is 5.26 Å². The van der Waals surface area contributed by atoms with E-state index in [2.05, 4.69) is 33.4 Å². The number of nitrogens with zero attached hydrogens (tertiary/aromatic N) is 1. The highest BCUT2D eigenvalue weighted by Gasteiger charge is 2.14. The molecular formula is C23H25BrN2O3. The van der Waals surface area contributed by atoms with Crippen molar-refractivity contribution in [2.45, 2.75) is 32.8 Å². The van der Waals surface area contributed by atoms with Crippen molar-refractivity contribution >= 4 is 27.9 Å². The van der Waals surface area contributed by atoms with Gasteiger partial charge in [0.15, 0.2) is 11.5 Å². The molecule has 5 nitrogen and oxygen atoms in total. The highest BCUT2D eigenvalue weighted by molar-refractivity contribution is 9.10. The molecule has 1 amide bonds. The van der Waals surface area contributed by atoms with Crippen molar-refractivity contribution in [3.05, 3.63) is 63.6 Å². The van der Waals surface area contributed by atoms with Gasteiger partial charge in [0, 0.05) is 6.54 Å². The highest BCUT2D eigenvalue weighted by atomic mass is 79.9. The summed E-state index contributed by atoms with van der Waals surface area (Å²) in [5.41, 5.74) is 1.93. The zero-order valence-electron chi connectivity index (χ0n) is 16.9. The number of carbonyl (C=O) groups is 1. The molecule has 2 aromatic carbocycles. The zero-order chi connectivity index (χ0) is 21.2. The first-order chi connectivity index (χ1) is 13.9. The Labute approximate surface area is 180 Å². The van der Waals surface area contributed by atoms with Gasteiger partial charge < -0.3 is 14.8 Å². The lowest BCUT2D eigenvalue weighted by molar-refractivity contribution is -0.117. The van der Waals surface area contributed by atoms with Gasteiger partial charge in [0.25, 0.3) is 5.91 Å². The summed E-state index contributed by atoms with van der Waals surface area (Å²) in [4.78, 5) is 12.4. The average Bonchev–Trinajstić information content (AvgIpc) is 2.71. The number of amides is 1. The summed E-state index contributed by atoms with van der Waals surface area (Å²) in [6.45, 7) is 4.35. The van der Waals surface area contributed by atoms with E-state index in [0.29, 0.717) is 28.1 Å². The van der Waals surface area contributed by atoms with Crippen LogP contribution in [0.15, 0.2) is 52.5 Å². The van der Waals surface area contributed by atoms with Crippen LogP contribution in [0.5, 0.6) is 11.5 Å². The lowest BCUT2D eigenvalue weighted by Crippen LogP contribution is -2.25. The number of carbonyl (C=O) groups excluding carboxylic acids is 1. The number of nitrogens with one attached hydrogen (secondary N) is 1. The van der Waals surface area contributed by atoms with E-state index in [1.807, 2.05) is 38.1 Å². The second-order valence-electron chi connectivity index (χ2n) is 6.72. The first kappa shape index (κ1) is 22.5. The van der Waals surface area contributed by atoms with Crippen LogP contribution in [-0.2, 0) is 11.2 Å². The molecule has 0 aliphatic carbocycles. The predicted octanol–water partition coefficient (Wildman–Crippen LogP) is 4.90. The number of nitriles is 1. The number of benzene rings is 2. The monoisotopic (exact) mass is 456 g/mol. The Morgan fingerprint density at radius 3 is 2.62 bits per heavy atom. The fraction of sp³-hybridized carbons (Fsp3) is 0.304. The molecule has 1 N–H and O–H groups in total. The van der Waals surface area contributed by atoms with Gasteiger partial charge in [-0.25, -0.2) is 0 Å². The Hall–Kier alpha value is -2.78. The van der Waals surface area contributed by atoms with Crippen LogP contribution in [0.25, 0.3) is 6.08 Å². The summed E-state index contributed by atoms with van der Waals surface area (Å²) >= 11 is 3.47. The number of hydrogen-bond donors (Lipinski definition) is 1. The third kappa shape index (κ3) is 6.95. The topological polar surface area (TPSA) is 71.3 Å². The Bertz CT molecular complexity index is 902. The third-order valence-electron chi connectivity index (χ3n) is 4.05. The van der Waals surface area contributed by atoms with Crippen molar-refractivity contribution in [2.24, 2.45) is 0 Å². The smallest absolute Gasteiger partial charge is 0.261 e. The number of methoxy groups -OCH3 is 1. The van der Waals surface area contributed by atoms with Crippen LogP contribution in [0.3, 0.4) is 0 Å². The zero-order valence-corrected chi connectivity index (χ0v) is 18.5. The van der Waals surface area contributed by atoms with Crippen LogP contribution in [-0.4, -0.2) is 25.7 Å². The molecule has 0 unspecified atom stereocenters. The molecule has 152 valence electrons. The second kappa shape index (κ2) is 11.3. The minimum atomic E-state index is -0.391. The quantitative estimate of drug-likeness (QED) is 0.330. The maximum absolute atomic E-state index is 12.4. The Morgan fingerprint density at radius 2 is 2.00 bits per heavy atom. The molecule has 0 heterocycles. The first-order valence-corrected chi connectivity index (χ1v) is 10.2.